The van der Waals surface area contributed by atoms with Crippen LogP contribution in [0, 0.1) is 0 Å². The fraction of sp³-hybridized carbons (Fsp3) is 1.00. The van der Waals surface area contributed by atoms with Gasteiger partial charge in [0.25, 0.3) is 0 Å². The molecule has 2 fully saturated rings. The summed E-state index contributed by atoms with van der Waals surface area (Å²) in [7, 11) is -3.07. The maximum absolute atomic E-state index is 12.2. The van der Waals surface area contributed by atoms with Crippen molar-refractivity contribution in [2.75, 3.05) is 13.1 Å². The Hall–Kier alpha value is -0.130. The normalized spacial score (nSPS) is 32.7. The van der Waals surface area contributed by atoms with Crippen molar-refractivity contribution in [1.82, 2.24) is 9.62 Å². The fourth-order valence-corrected chi connectivity index (χ4v) is 4.35. The Morgan fingerprint density at radius 2 is 2.00 bits per heavy atom. The molecule has 0 aromatic heterocycles. The molecule has 0 aromatic rings. The average molecular weight is 246 g/mol. The third-order valence-electron chi connectivity index (χ3n) is 3.73. The summed E-state index contributed by atoms with van der Waals surface area (Å²) in [6, 6.07) is 0.589. The van der Waals surface area contributed by atoms with Crippen LogP contribution in [0.2, 0.25) is 0 Å². The predicted octanol–water partition coefficient (Wildman–Crippen LogP) is 0.941. The van der Waals surface area contributed by atoms with Crippen molar-refractivity contribution in [2.45, 2.75) is 56.9 Å². The van der Waals surface area contributed by atoms with Gasteiger partial charge in [0.15, 0.2) is 0 Å². The molecule has 1 N–H and O–H groups in total. The van der Waals surface area contributed by atoms with Crippen molar-refractivity contribution in [3.63, 3.8) is 0 Å². The number of hydrogen-bond donors (Lipinski definition) is 1. The highest BCUT2D eigenvalue weighted by Gasteiger charge is 2.40. The standard InChI is InChI=1S/C11H22N2O2S/c1-9(2)16(14,15)13-8-4-6-11(13)10-5-3-7-12-10/h9-12H,3-8H2,1-2H3. The highest BCUT2D eigenvalue weighted by Crippen LogP contribution is 2.28. The van der Waals surface area contributed by atoms with E-state index in [0.717, 1.165) is 25.8 Å². The molecule has 94 valence electrons. The second kappa shape index (κ2) is 4.63. The van der Waals surface area contributed by atoms with Crippen LogP contribution in [0.15, 0.2) is 0 Å². The van der Waals surface area contributed by atoms with Gasteiger partial charge in [-0.3, -0.25) is 0 Å². The van der Waals surface area contributed by atoms with Crippen molar-refractivity contribution in [3.05, 3.63) is 0 Å². The minimum absolute atomic E-state index is 0.204. The zero-order chi connectivity index (χ0) is 11.8. The van der Waals surface area contributed by atoms with Crippen molar-refractivity contribution >= 4 is 10.0 Å². The van der Waals surface area contributed by atoms with Gasteiger partial charge in [0.1, 0.15) is 0 Å². The molecule has 2 atom stereocenters. The molecule has 0 aromatic carbocycles. The van der Waals surface area contributed by atoms with Gasteiger partial charge in [-0.2, -0.15) is 4.31 Å². The van der Waals surface area contributed by atoms with Gasteiger partial charge in [0.2, 0.25) is 10.0 Å². The molecule has 0 amide bonds. The van der Waals surface area contributed by atoms with Gasteiger partial charge in [-0.15, -0.1) is 0 Å². The van der Waals surface area contributed by atoms with E-state index < -0.39 is 10.0 Å². The summed E-state index contributed by atoms with van der Waals surface area (Å²) in [6.45, 7) is 5.29. The quantitative estimate of drug-likeness (QED) is 0.806. The Kier molecular flexibility index (Phi) is 3.56. The first-order valence-electron chi connectivity index (χ1n) is 6.27. The van der Waals surface area contributed by atoms with Crippen LogP contribution < -0.4 is 5.32 Å². The lowest BCUT2D eigenvalue weighted by atomic mass is 10.1. The van der Waals surface area contributed by atoms with Crippen LogP contribution in [0.1, 0.15) is 39.5 Å². The van der Waals surface area contributed by atoms with E-state index in [1.807, 2.05) is 0 Å². The van der Waals surface area contributed by atoms with E-state index >= 15 is 0 Å². The van der Waals surface area contributed by atoms with Crippen LogP contribution in [0.5, 0.6) is 0 Å². The molecule has 2 saturated heterocycles. The smallest absolute Gasteiger partial charge is 0.216 e. The van der Waals surface area contributed by atoms with Crippen molar-refractivity contribution in [1.29, 1.82) is 0 Å². The Morgan fingerprint density at radius 1 is 1.25 bits per heavy atom. The van der Waals surface area contributed by atoms with Crippen LogP contribution in [0.4, 0.5) is 0 Å². The number of nitrogens with zero attached hydrogens (tertiary/aromatic N) is 1. The van der Waals surface area contributed by atoms with Crippen LogP contribution in [-0.2, 0) is 10.0 Å². The van der Waals surface area contributed by atoms with Crippen LogP contribution in [0.3, 0.4) is 0 Å². The molecule has 5 heteroatoms. The van der Waals surface area contributed by atoms with Gasteiger partial charge in [-0.05, 0) is 46.1 Å². The maximum atomic E-state index is 12.2. The predicted molar refractivity (Wildman–Crippen MR) is 64.8 cm³/mol. The third kappa shape index (κ3) is 2.13. The number of nitrogens with one attached hydrogen (secondary N) is 1. The Balaban J connectivity index is 2.14. The molecule has 2 aliphatic rings. The first-order valence-corrected chi connectivity index (χ1v) is 7.78. The first kappa shape index (κ1) is 12.3. The average Bonchev–Trinajstić information content (AvgIpc) is 2.88. The van der Waals surface area contributed by atoms with E-state index in [-0.39, 0.29) is 11.3 Å². The third-order valence-corrected chi connectivity index (χ3v) is 6.03. The highest BCUT2D eigenvalue weighted by molar-refractivity contribution is 7.89. The fourth-order valence-electron chi connectivity index (χ4n) is 2.79. The first-order chi connectivity index (χ1) is 7.53. The minimum atomic E-state index is -3.07. The van der Waals surface area contributed by atoms with Crippen LogP contribution >= 0.6 is 0 Å². The monoisotopic (exact) mass is 246 g/mol. The largest absolute Gasteiger partial charge is 0.312 e. The van der Waals surface area contributed by atoms with E-state index in [0.29, 0.717) is 12.6 Å². The molecular weight excluding hydrogens is 224 g/mol. The second-order valence-electron chi connectivity index (χ2n) is 5.12. The Labute approximate surface area is 98.4 Å². The van der Waals surface area contributed by atoms with Gasteiger partial charge >= 0.3 is 0 Å². The Bertz CT molecular complexity index is 334. The molecular formula is C11H22N2O2S. The highest BCUT2D eigenvalue weighted by atomic mass is 32.2. The zero-order valence-electron chi connectivity index (χ0n) is 10.1. The second-order valence-corrected chi connectivity index (χ2v) is 7.56. The molecule has 0 radical (unpaired) electrons. The SMILES string of the molecule is CC(C)S(=O)(=O)N1CCCC1C1CCCN1. The zero-order valence-corrected chi connectivity index (χ0v) is 11.0. The lowest BCUT2D eigenvalue weighted by Crippen LogP contribution is -2.48. The molecule has 0 saturated carbocycles. The number of rotatable bonds is 3. The molecule has 2 unspecified atom stereocenters. The minimum Gasteiger partial charge on any atom is -0.312 e. The summed E-state index contributed by atoms with van der Waals surface area (Å²) in [5.74, 6) is 0. The summed E-state index contributed by atoms with van der Waals surface area (Å²) < 4.78 is 26.1. The van der Waals surface area contributed by atoms with Gasteiger partial charge in [-0.1, -0.05) is 0 Å². The van der Waals surface area contributed by atoms with Crippen molar-refractivity contribution < 1.29 is 8.42 Å². The molecule has 16 heavy (non-hydrogen) atoms. The number of sulfonamides is 1. The van der Waals surface area contributed by atoms with Crippen molar-refractivity contribution in [3.8, 4) is 0 Å². The van der Waals surface area contributed by atoms with E-state index in [4.69, 9.17) is 0 Å². The molecule has 2 aliphatic heterocycles. The van der Waals surface area contributed by atoms with E-state index in [1.165, 1.54) is 6.42 Å². The molecule has 0 bridgehead atoms. The van der Waals surface area contributed by atoms with Crippen LogP contribution in [0.25, 0.3) is 0 Å². The summed E-state index contributed by atoms with van der Waals surface area (Å²) in [6.07, 6.45) is 4.32. The lowest BCUT2D eigenvalue weighted by molar-refractivity contribution is 0.319. The molecule has 2 heterocycles. The van der Waals surface area contributed by atoms with E-state index in [1.54, 1.807) is 18.2 Å². The topological polar surface area (TPSA) is 49.4 Å². The summed E-state index contributed by atoms with van der Waals surface area (Å²) in [5.41, 5.74) is 0. The molecule has 4 nitrogen and oxygen atoms in total. The molecule has 0 spiro atoms. The van der Waals surface area contributed by atoms with Gasteiger partial charge in [-0.25, -0.2) is 8.42 Å². The molecule has 0 aliphatic carbocycles. The molecule has 2 rings (SSSR count). The number of hydrogen-bond acceptors (Lipinski definition) is 3. The van der Waals surface area contributed by atoms with E-state index in [9.17, 15) is 8.42 Å². The van der Waals surface area contributed by atoms with Crippen molar-refractivity contribution in [2.24, 2.45) is 0 Å². The lowest BCUT2D eigenvalue weighted by Gasteiger charge is -2.30. The van der Waals surface area contributed by atoms with E-state index in [2.05, 4.69) is 5.32 Å². The Morgan fingerprint density at radius 3 is 2.56 bits per heavy atom. The van der Waals surface area contributed by atoms with Crippen LogP contribution in [-0.4, -0.2) is 43.1 Å². The summed E-state index contributed by atoms with van der Waals surface area (Å²) >= 11 is 0. The summed E-state index contributed by atoms with van der Waals surface area (Å²) in [5, 5.41) is 3.14. The van der Waals surface area contributed by atoms with Gasteiger partial charge < -0.3 is 5.32 Å². The van der Waals surface area contributed by atoms with Gasteiger partial charge in [0, 0.05) is 18.6 Å². The maximum Gasteiger partial charge on any atom is 0.216 e. The van der Waals surface area contributed by atoms with Gasteiger partial charge in [0.05, 0.1) is 5.25 Å². The summed E-state index contributed by atoms with van der Waals surface area (Å²) in [4.78, 5) is 0.